The minimum Gasteiger partial charge on any atom is -0.493 e. The van der Waals surface area contributed by atoms with E-state index in [1.807, 2.05) is 4.90 Å². The fraction of sp³-hybridized carbons (Fsp3) is 0.619. The molecule has 2 aliphatic heterocycles. The van der Waals surface area contributed by atoms with Crippen LogP contribution in [0.1, 0.15) is 25.7 Å². The molecule has 2 aliphatic rings. The van der Waals surface area contributed by atoms with Gasteiger partial charge in [0.05, 0.1) is 27.9 Å². The van der Waals surface area contributed by atoms with Crippen LogP contribution < -0.4 is 19.5 Å². The van der Waals surface area contributed by atoms with Crippen LogP contribution in [0.25, 0.3) is 0 Å². The van der Waals surface area contributed by atoms with Gasteiger partial charge in [-0.1, -0.05) is 0 Å². The smallest absolute Gasteiger partial charge is 0.238 e. The van der Waals surface area contributed by atoms with Gasteiger partial charge in [-0.25, -0.2) is 0 Å². The molecule has 0 aromatic heterocycles. The van der Waals surface area contributed by atoms with Gasteiger partial charge in [-0.05, 0) is 38.8 Å². The molecule has 0 aliphatic carbocycles. The largest absolute Gasteiger partial charge is 0.493 e. The molecule has 2 heterocycles. The minimum absolute atomic E-state index is 0.0996. The highest BCUT2D eigenvalue weighted by Gasteiger charge is 2.30. The third-order valence-electron chi connectivity index (χ3n) is 5.67. The summed E-state index contributed by atoms with van der Waals surface area (Å²) < 4.78 is 16.0. The maximum atomic E-state index is 12.5. The van der Waals surface area contributed by atoms with Crippen LogP contribution in [0.15, 0.2) is 12.1 Å². The molecule has 1 aromatic carbocycles. The van der Waals surface area contributed by atoms with Gasteiger partial charge in [0.15, 0.2) is 11.5 Å². The summed E-state index contributed by atoms with van der Waals surface area (Å²) in [6.07, 6.45) is 3.86. The summed E-state index contributed by atoms with van der Waals surface area (Å²) in [5, 5.41) is 2.90. The summed E-state index contributed by atoms with van der Waals surface area (Å²) in [6, 6.07) is 3.42. The molecule has 0 spiro atoms. The van der Waals surface area contributed by atoms with E-state index in [2.05, 4.69) is 10.2 Å². The van der Waals surface area contributed by atoms with Crippen LogP contribution in [-0.2, 0) is 9.59 Å². The summed E-state index contributed by atoms with van der Waals surface area (Å²) in [4.78, 5) is 29.2. The Hall–Kier alpha value is -2.48. The van der Waals surface area contributed by atoms with Gasteiger partial charge in [-0.15, -0.1) is 0 Å². The van der Waals surface area contributed by atoms with Gasteiger partial charge in [0.2, 0.25) is 17.6 Å². The van der Waals surface area contributed by atoms with Gasteiger partial charge >= 0.3 is 0 Å². The molecular weight excluding hydrogens is 374 g/mol. The van der Waals surface area contributed by atoms with Gasteiger partial charge in [0.1, 0.15) is 0 Å². The van der Waals surface area contributed by atoms with Crippen molar-refractivity contribution in [1.29, 1.82) is 0 Å². The summed E-state index contributed by atoms with van der Waals surface area (Å²) in [5.74, 6) is 1.75. The first-order chi connectivity index (χ1) is 14.0. The van der Waals surface area contributed by atoms with Gasteiger partial charge in [-0.2, -0.15) is 0 Å². The van der Waals surface area contributed by atoms with Gasteiger partial charge in [0.25, 0.3) is 0 Å². The maximum Gasteiger partial charge on any atom is 0.238 e. The Morgan fingerprint density at radius 2 is 1.55 bits per heavy atom. The van der Waals surface area contributed by atoms with Gasteiger partial charge in [0, 0.05) is 36.8 Å². The second-order valence-corrected chi connectivity index (χ2v) is 7.55. The summed E-state index contributed by atoms with van der Waals surface area (Å²) in [5.41, 5.74) is 0.587. The lowest BCUT2D eigenvalue weighted by Crippen LogP contribution is -2.43. The first-order valence-corrected chi connectivity index (χ1v) is 10.2. The SMILES string of the molecule is COc1cc(NC(=O)CN2CCC(C(=O)N3CCCC3)CC2)cc(OC)c1OC. The first-order valence-electron chi connectivity index (χ1n) is 10.2. The highest BCUT2D eigenvalue weighted by atomic mass is 16.5. The Morgan fingerprint density at radius 1 is 0.966 bits per heavy atom. The number of anilines is 1. The normalized spacial score (nSPS) is 17.8. The topological polar surface area (TPSA) is 80.3 Å². The second kappa shape index (κ2) is 9.82. The number of methoxy groups -OCH3 is 3. The Bertz CT molecular complexity index is 700. The number of piperidine rings is 1. The Labute approximate surface area is 172 Å². The molecule has 0 saturated carbocycles. The van der Waals surface area contributed by atoms with Crippen LogP contribution in [0.5, 0.6) is 17.2 Å². The van der Waals surface area contributed by atoms with E-state index in [9.17, 15) is 9.59 Å². The Kier molecular flexibility index (Phi) is 7.19. The van der Waals surface area contributed by atoms with Crippen LogP contribution in [-0.4, -0.2) is 75.7 Å². The van der Waals surface area contributed by atoms with Crippen LogP contribution in [0, 0.1) is 5.92 Å². The molecular formula is C21H31N3O5. The van der Waals surface area contributed by atoms with E-state index in [4.69, 9.17) is 14.2 Å². The van der Waals surface area contributed by atoms with Crippen molar-refractivity contribution < 1.29 is 23.8 Å². The lowest BCUT2D eigenvalue weighted by molar-refractivity contribution is -0.136. The molecule has 2 saturated heterocycles. The molecule has 29 heavy (non-hydrogen) atoms. The van der Waals surface area contributed by atoms with Crippen LogP contribution >= 0.6 is 0 Å². The molecule has 0 unspecified atom stereocenters. The number of hydrogen-bond acceptors (Lipinski definition) is 6. The van der Waals surface area contributed by atoms with Crippen LogP contribution in [0.2, 0.25) is 0 Å². The molecule has 8 nitrogen and oxygen atoms in total. The number of carbonyl (C=O) groups excluding carboxylic acids is 2. The summed E-state index contributed by atoms with van der Waals surface area (Å²) in [7, 11) is 4.61. The fourth-order valence-electron chi connectivity index (χ4n) is 4.09. The second-order valence-electron chi connectivity index (χ2n) is 7.55. The van der Waals surface area contributed by atoms with Crippen molar-refractivity contribution in [3.8, 4) is 17.2 Å². The summed E-state index contributed by atoms with van der Waals surface area (Å²) >= 11 is 0. The third kappa shape index (κ3) is 5.12. The van der Waals surface area contributed by atoms with Crippen LogP contribution in [0.3, 0.4) is 0 Å². The molecule has 8 heteroatoms. The number of amides is 2. The predicted molar refractivity (Wildman–Crippen MR) is 110 cm³/mol. The van der Waals surface area contributed by atoms with E-state index >= 15 is 0 Å². The number of ether oxygens (including phenoxy) is 3. The number of hydrogen-bond donors (Lipinski definition) is 1. The average molecular weight is 405 g/mol. The van der Waals surface area contributed by atoms with E-state index in [-0.39, 0.29) is 11.8 Å². The van der Waals surface area contributed by atoms with Crippen molar-refractivity contribution in [2.75, 3.05) is 59.4 Å². The van der Waals surface area contributed by atoms with Crippen molar-refractivity contribution in [1.82, 2.24) is 9.80 Å². The van der Waals surface area contributed by atoms with Crippen molar-refractivity contribution >= 4 is 17.5 Å². The number of benzene rings is 1. The molecule has 0 atom stereocenters. The monoisotopic (exact) mass is 405 g/mol. The van der Waals surface area contributed by atoms with Crippen LogP contribution in [0.4, 0.5) is 5.69 Å². The van der Waals surface area contributed by atoms with Crippen molar-refractivity contribution in [2.45, 2.75) is 25.7 Å². The predicted octanol–water partition coefficient (Wildman–Crippen LogP) is 1.99. The third-order valence-corrected chi connectivity index (χ3v) is 5.67. The summed E-state index contributed by atoms with van der Waals surface area (Å²) in [6.45, 7) is 3.60. The van der Waals surface area contributed by atoms with Crippen molar-refractivity contribution in [2.24, 2.45) is 5.92 Å². The van der Waals surface area contributed by atoms with Crippen molar-refractivity contribution in [3.63, 3.8) is 0 Å². The molecule has 1 aromatic rings. The lowest BCUT2D eigenvalue weighted by atomic mass is 9.95. The van der Waals surface area contributed by atoms with E-state index < -0.39 is 0 Å². The minimum atomic E-state index is -0.108. The lowest BCUT2D eigenvalue weighted by Gasteiger charge is -2.32. The molecule has 2 amide bonds. The van der Waals surface area contributed by atoms with Gasteiger partial charge < -0.3 is 24.4 Å². The number of rotatable bonds is 7. The highest BCUT2D eigenvalue weighted by Crippen LogP contribution is 2.39. The average Bonchev–Trinajstić information content (AvgIpc) is 3.27. The fourth-order valence-corrected chi connectivity index (χ4v) is 4.09. The maximum absolute atomic E-state index is 12.5. The van der Waals surface area contributed by atoms with E-state index in [0.29, 0.717) is 35.4 Å². The molecule has 3 rings (SSSR count). The number of nitrogens with one attached hydrogen (secondary N) is 1. The number of carbonyl (C=O) groups is 2. The zero-order valence-electron chi connectivity index (χ0n) is 17.5. The number of likely N-dealkylation sites (tertiary alicyclic amines) is 2. The molecule has 0 bridgehead atoms. The molecule has 2 fully saturated rings. The molecule has 160 valence electrons. The van der Waals surface area contributed by atoms with E-state index in [0.717, 1.165) is 51.9 Å². The quantitative estimate of drug-likeness (QED) is 0.747. The van der Waals surface area contributed by atoms with E-state index in [1.54, 1.807) is 12.1 Å². The standard InChI is InChI=1S/C21H31N3O5/c1-27-17-12-16(13-18(28-2)20(17)29-3)22-19(25)14-23-10-6-15(7-11-23)21(26)24-8-4-5-9-24/h12-13,15H,4-11,14H2,1-3H3,(H,22,25). The van der Waals surface area contributed by atoms with Crippen molar-refractivity contribution in [3.05, 3.63) is 12.1 Å². The zero-order chi connectivity index (χ0) is 20.8. The molecule has 0 radical (unpaired) electrons. The number of nitrogens with zero attached hydrogens (tertiary/aromatic N) is 2. The molecule has 1 N–H and O–H groups in total. The highest BCUT2D eigenvalue weighted by molar-refractivity contribution is 5.93. The van der Waals surface area contributed by atoms with Gasteiger partial charge in [-0.3, -0.25) is 14.5 Å². The van der Waals surface area contributed by atoms with E-state index in [1.165, 1.54) is 21.3 Å². The Morgan fingerprint density at radius 3 is 2.07 bits per heavy atom. The zero-order valence-corrected chi connectivity index (χ0v) is 17.5. The Balaban J connectivity index is 1.52. The first kappa shape index (κ1) is 21.2.